The highest BCUT2D eigenvalue weighted by Crippen LogP contribution is 2.16. The summed E-state index contributed by atoms with van der Waals surface area (Å²) in [6.07, 6.45) is 3.21. The molecule has 0 atom stereocenters. The van der Waals surface area contributed by atoms with Crippen LogP contribution in [0.5, 0.6) is 0 Å². The third kappa shape index (κ3) is 0.655. The molecule has 0 aliphatic carbocycles. The summed E-state index contributed by atoms with van der Waals surface area (Å²) in [5.41, 5.74) is 0.700. The standard InChI is InChI=1S/C6H5N3O/c1-4-7-2-5-6(10-4)3-8-9-5/h2-3H,1H3. The predicted molar refractivity (Wildman–Crippen MR) is 33.5 cm³/mol. The van der Waals surface area contributed by atoms with E-state index in [4.69, 9.17) is 4.42 Å². The summed E-state index contributed by atoms with van der Waals surface area (Å²) >= 11 is 0. The SMILES string of the molecule is Cc1ncc2nncc-2o1. The Kier molecular flexibility index (Phi) is 0.943. The number of rotatable bonds is 0. The Morgan fingerprint density at radius 3 is 3.20 bits per heavy atom. The first-order chi connectivity index (χ1) is 4.86. The first-order valence-corrected chi connectivity index (χ1v) is 2.90. The molecular weight excluding hydrogens is 130 g/mol. The molecule has 0 saturated heterocycles. The first-order valence-electron chi connectivity index (χ1n) is 2.90. The van der Waals surface area contributed by atoms with E-state index in [-0.39, 0.29) is 0 Å². The van der Waals surface area contributed by atoms with Gasteiger partial charge >= 0.3 is 0 Å². The van der Waals surface area contributed by atoms with Gasteiger partial charge in [0.15, 0.2) is 11.7 Å². The van der Waals surface area contributed by atoms with Crippen LogP contribution in [0.4, 0.5) is 0 Å². The lowest BCUT2D eigenvalue weighted by molar-refractivity contribution is 0.504. The molecule has 0 saturated carbocycles. The average Bonchev–Trinajstić information content (AvgIpc) is 2.33. The summed E-state index contributed by atoms with van der Waals surface area (Å²) < 4.78 is 5.17. The first kappa shape index (κ1) is 5.34. The van der Waals surface area contributed by atoms with E-state index < -0.39 is 0 Å². The van der Waals surface area contributed by atoms with Gasteiger partial charge in [0, 0.05) is 6.92 Å². The number of aromatic nitrogens is 3. The molecule has 50 valence electrons. The van der Waals surface area contributed by atoms with Crippen LogP contribution in [0.2, 0.25) is 0 Å². The summed E-state index contributed by atoms with van der Waals surface area (Å²) in [5, 5.41) is 7.41. The van der Waals surface area contributed by atoms with Crippen molar-refractivity contribution in [3.8, 4) is 11.5 Å². The number of fused-ring (bicyclic) bond motifs is 1. The Hall–Kier alpha value is -1.45. The third-order valence-electron chi connectivity index (χ3n) is 1.22. The number of hydrogen-bond donors (Lipinski definition) is 0. The van der Waals surface area contributed by atoms with Crippen molar-refractivity contribution in [1.82, 2.24) is 15.2 Å². The number of nitrogens with zero attached hydrogens (tertiary/aromatic N) is 3. The molecule has 0 bridgehead atoms. The molecule has 0 aromatic rings. The van der Waals surface area contributed by atoms with Gasteiger partial charge in [0.05, 0.1) is 12.4 Å². The highest BCUT2D eigenvalue weighted by molar-refractivity contribution is 5.48. The summed E-state index contributed by atoms with van der Waals surface area (Å²) in [4.78, 5) is 3.91. The molecule has 2 aliphatic heterocycles. The Morgan fingerprint density at radius 2 is 2.30 bits per heavy atom. The maximum Gasteiger partial charge on any atom is 0.191 e. The number of aryl methyl sites for hydroxylation is 1. The molecule has 2 heterocycles. The van der Waals surface area contributed by atoms with Crippen molar-refractivity contribution >= 4 is 0 Å². The second kappa shape index (κ2) is 1.76. The molecule has 0 unspecified atom stereocenters. The fourth-order valence-electron chi connectivity index (χ4n) is 0.765. The number of hydrogen-bond acceptors (Lipinski definition) is 4. The minimum Gasteiger partial charge on any atom is -0.439 e. The van der Waals surface area contributed by atoms with E-state index in [0.29, 0.717) is 17.3 Å². The monoisotopic (exact) mass is 135 g/mol. The maximum absolute atomic E-state index is 5.17. The largest absolute Gasteiger partial charge is 0.439 e. The molecule has 4 nitrogen and oxygen atoms in total. The van der Waals surface area contributed by atoms with Crippen molar-refractivity contribution in [3.05, 3.63) is 18.3 Å². The Balaban J connectivity index is 2.75. The van der Waals surface area contributed by atoms with E-state index in [1.807, 2.05) is 0 Å². The Labute approximate surface area is 57.3 Å². The molecule has 0 fully saturated rings. The van der Waals surface area contributed by atoms with Crippen molar-refractivity contribution in [2.45, 2.75) is 6.92 Å². The van der Waals surface area contributed by atoms with Gasteiger partial charge in [-0.15, -0.1) is 5.10 Å². The smallest absolute Gasteiger partial charge is 0.191 e. The van der Waals surface area contributed by atoms with Gasteiger partial charge in [-0.2, -0.15) is 5.10 Å². The zero-order valence-electron chi connectivity index (χ0n) is 5.40. The van der Waals surface area contributed by atoms with Gasteiger partial charge in [0.1, 0.15) is 5.69 Å². The van der Waals surface area contributed by atoms with Gasteiger partial charge in [-0.25, -0.2) is 4.98 Å². The third-order valence-corrected chi connectivity index (χ3v) is 1.22. The van der Waals surface area contributed by atoms with Crippen molar-refractivity contribution < 1.29 is 4.42 Å². The Bertz CT molecular complexity index is 317. The van der Waals surface area contributed by atoms with Gasteiger partial charge in [0.25, 0.3) is 0 Å². The van der Waals surface area contributed by atoms with Crippen molar-refractivity contribution in [2.75, 3.05) is 0 Å². The highest BCUT2D eigenvalue weighted by Gasteiger charge is 2.06. The summed E-state index contributed by atoms with van der Waals surface area (Å²) in [6, 6.07) is 0. The molecule has 0 aromatic carbocycles. The molecule has 0 N–H and O–H groups in total. The molecule has 2 aliphatic rings. The normalized spacial score (nSPS) is 10.5. The molecule has 0 amide bonds. The molecule has 0 aromatic heterocycles. The zero-order valence-corrected chi connectivity index (χ0v) is 5.40. The van der Waals surface area contributed by atoms with E-state index in [1.165, 1.54) is 0 Å². The minimum absolute atomic E-state index is 0.627. The molecule has 2 rings (SSSR count). The molecule has 0 radical (unpaired) electrons. The van der Waals surface area contributed by atoms with Crippen LogP contribution in [-0.4, -0.2) is 15.2 Å². The quantitative estimate of drug-likeness (QED) is 0.538. The molecule has 4 heteroatoms. The van der Waals surface area contributed by atoms with Gasteiger partial charge in [-0.1, -0.05) is 0 Å². The fraction of sp³-hybridized carbons (Fsp3) is 0.167. The van der Waals surface area contributed by atoms with Gasteiger partial charge in [0.2, 0.25) is 0 Å². The topological polar surface area (TPSA) is 51.8 Å². The van der Waals surface area contributed by atoms with Crippen LogP contribution in [0, 0.1) is 6.92 Å². The van der Waals surface area contributed by atoms with Crippen LogP contribution < -0.4 is 0 Å². The van der Waals surface area contributed by atoms with Gasteiger partial charge < -0.3 is 4.42 Å². The van der Waals surface area contributed by atoms with Gasteiger partial charge in [-0.3, -0.25) is 0 Å². The van der Waals surface area contributed by atoms with Crippen molar-refractivity contribution in [2.24, 2.45) is 0 Å². The molecule has 0 spiro atoms. The van der Waals surface area contributed by atoms with E-state index in [0.717, 1.165) is 0 Å². The van der Waals surface area contributed by atoms with E-state index in [1.54, 1.807) is 19.3 Å². The lowest BCUT2D eigenvalue weighted by atomic mass is 10.4. The van der Waals surface area contributed by atoms with Crippen LogP contribution >= 0.6 is 0 Å². The second-order valence-electron chi connectivity index (χ2n) is 1.97. The zero-order chi connectivity index (χ0) is 6.97. The van der Waals surface area contributed by atoms with E-state index in [9.17, 15) is 0 Å². The molecular formula is C6H5N3O. The second-order valence-corrected chi connectivity index (χ2v) is 1.97. The predicted octanol–water partition coefficient (Wildman–Crippen LogP) is 0.878. The van der Waals surface area contributed by atoms with E-state index >= 15 is 0 Å². The van der Waals surface area contributed by atoms with Crippen LogP contribution in [0.15, 0.2) is 16.8 Å². The average molecular weight is 135 g/mol. The minimum atomic E-state index is 0.627. The summed E-state index contributed by atoms with van der Waals surface area (Å²) in [7, 11) is 0. The van der Waals surface area contributed by atoms with Crippen LogP contribution in [0.25, 0.3) is 11.5 Å². The fourth-order valence-corrected chi connectivity index (χ4v) is 0.765. The van der Waals surface area contributed by atoms with Crippen molar-refractivity contribution in [1.29, 1.82) is 0 Å². The lowest BCUT2D eigenvalue weighted by Crippen LogP contribution is -1.82. The summed E-state index contributed by atoms with van der Waals surface area (Å²) in [6.45, 7) is 1.78. The highest BCUT2D eigenvalue weighted by atomic mass is 16.3. The summed E-state index contributed by atoms with van der Waals surface area (Å²) in [5.74, 6) is 1.31. The Morgan fingerprint density at radius 1 is 1.40 bits per heavy atom. The molecule has 10 heavy (non-hydrogen) atoms. The van der Waals surface area contributed by atoms with Gasteiger partial charge in [-0.05, 0) is 0 Å². The van der Waals surface area contributed by atoms with Crippen molar-refractivity contribution in [3.63, 3.8) is 0 Å². The lowest BCUT2D eigenvalue weighted by Gasteiger charge is -1.93. The van der Waals surface area contributed by atoms with Crippen LogP contribution in [-0.2, 0) is 0 Å². The maximum atomic E-state index is 5.17. The van der Waals surface area contributed by atoms with Crippen LogP contribution in [0.1, 0.15) is 5.89 Å². The van der Waals surface area contributed by atoms with E-state index in [2.05, 4.69) is 15.2 Å². The van der Waals surface area contributed by atoms with Crippen LogP contribution in [0.3, 0.4) is 0 Å².